The van der Waals surface area contributed by atoms with Crippen LogP contribution in [0.3, 0.4) is 0 Å². The first-order chi connectivity index (χ1) is 21.8. The molecule has 4 aliphatic heterocycles. The van der Waals surface area contributed by atoms with E-state index in [2.05, 4.69) is 29.0 Å². The van der Waals surface area contributed by atoms with Crippen LogP contribution in [-0.2, 0) is 6.42 Å². The largest absolute Gasteiger partial charge is 0.508 e. The number of phenols is 1. The monoisotopic (exact) mass is 629 g/mol. The van der Waals surface area contributed by atoms with Gasteiger partial charge in [-0.1, -0.05) is 43.6 Å². The molecule has 45 heavy (non-hydrogen) atoms. The number of benzene rings is 3. The second kappa shape index (κ2) is 11.2. The summed E-state index contributed by atoms with van der Waals surface area (Å²) >= 11 is 7.01. The number of rotatable bonds is 6. The van der Waals surface area contributed by atoms with E-state index < -0.39 is 5.82 Å². The van der Waals surface area contributed by atoms with E-state index in [4.69, 9.17) is 26.3 Å². The molecule has 9 heteroatoms. The quantitative estimate of drug-likeness (QED) is 0.236. The number of halogens is 2. The van der Waals surface area contributed by atoms with Crippen molar-refractivity contribution in [3.05, 3.63) is 52.8 Å². The van der Waals surface area contributed by atoms with Crippen LogP contribution in [0.15, 0.2) is 36.4 Å². The van der Waals surface area contributed by atoms with E-state index >= 15 is 4.39 Å². The van der Waals surface area contributed by atoms with Crippen molar-refractivity contribution < 1.29 is 14.2 Å². The summed E-state index contributed by atoms with van der Waals surface area (Å²) in [5.41, 5.74) is 2.05. The Balaban J connectivity index is 1.29. The van der Waals surface area contributed by atoms with Gasteiger partial charge in [0.1, 0.15) is 23.7 Å². The van der Waals surface area contributed by atoms with Crippen LogP contribution in [0.4, 0.5) is 10.2 Å². The second-order valence-electron chi connectivity index (χ2n) is 13.9. The molecule has 4 aromatic rings. The minimum atomic E-state index is -0.520. The summed E-state index contributed by atoms with van der Waals surface area (Å²) in [5, 5.41) is 17.0. The Morgan fingerprint density at radius 2 is 1.98 bits per heavy atom. The van der Waals surface area contributed by atoms with Crippen LogP contribution in [0.5, 0.6) is 11.8 Å². The highest BCUT2D eigenvalue weighted by molar-refractivity contribution is 6.35. The fourth-order valence-corrected chi connectivity index (χ4v) is 9.14. The van der Waals surface area contributed by atoms with Gasteiger partial charge in [0.25, 0.3) is 0 Å². The molecule has 1 aromatic heterocycles. The van der Waals surface area contributed by atoms with Gasteiger partial charge in [-0.05, 0) is 97.5 Å². The molecule has 0 aliphatic carbocycles. The van der Waals surface area contributed by atoms with E-state index in [-0.39, 0.29) is 33.4 Å². The number of aryl methyl sites for hydroxylation is 1. The Bertz CT molecular complexity index is 1800. The number of ether oxygens (including phenoxy) is 1. The predicted octanol–water partition coefficient (Wildman–Crippen LogP) is 7.09. The molecule has 4 aliphatic rings. The highest BCUT2D eigenvalue weighted by atomic mass is 35.5. The van der Waals surface area contributed by atoms with Crippen LogP contribution in [0, 0.1) is 11.7 Å². The first kappa shape index (κ1) is 29.2. The maximum absolute atomic E-state index is 17.1. The Labute approximate surface area is 268 Å². The van der Waals surface area contributed by atoms with Gasteiger partial charge < -0.3 is 20.1 Å². The zero-order chi connectivity index (χ0) is 30.9. The number of hydrogen-bond acceptors (Lipinski definition) is 7. The number of aromatic nitrogens is 2. The number of nitrogens with one attached hydrogen (secondary N) is 1. The lowest BCUT2D eigenvalue weighted by Crippen LogP contribution is -2.43. The summed E-state index contributed by atoms with van der Waals surface area (Å²) < 4.78 is 23.6. The maximum atomic E-state index is 17.1. The van der Waals surface area contributed by atoms with Gasteiger partial charge in [0.15, 0.2) is 5.82 Å². The number of phenolic OH excluding ortho intramolecular Hbond substituents is 1. The van der Waals surface area contributed by atoms with Crippen molar-refractivity contribution in [3.8, 4) is 22.9 Å². The third-order valence-electron chi connectivity index (χ3n) is 10.8. The molecular weight excluding hydrogens is 589 g/mol. The Morgan fingerprint density at radius 3 is 2.84 bits per heavy atom. The van der Waals surface area contributed by atoms with Gasteiger partial charge in [0.2, 0.25) is 0 Å². The third-order valence-corrected chi connectivity index (χ3v) is 11.1. The lowest BCUT2D eigenvalue weighted by Gasteiger charge is -2.31. The number of hydrogen-bond donors (Lipinski definition) is 2. The van der Waals surface area contributed by atoms with Crippen molar-refractivity contribution in [1.82, 2.24) is 20.2 Å². The first-order valence-corrected chi connectivity index (χ1v) is 17.0. The summed E-state index contributed by atoms with van der Waals surface area (Å²) in [7, 11) is 0. The first-order valence-electron chi connectivity index (χ1n) is 16.7. The highest BCUT2D eigenvalue weighted by Crippen LogP contribution is 2.45. The molecule has 236 valence electrons. The minimum absolute atomic E-state index is 0.00961. The smallest absolute Gasteiger partial charge is 0.319 e. The summed E-state index contributed by atoms with van der Waals surface area (Å²) in [6.45, 7) is 8.66. The lowest BCUT2D eigenvalue weighted by atomic mass is 9.91. The van der Waals surface area contributed by atoms with Gasteiger partial charge in [0.05, 0.1) is 10.6 Å². The van der Waals surface area contributed by atoms with Crippen LogP contribution < -0.4 is 15.0 Å². The molecule has 0 spiro atoms. The van der Waals surface area contributed by atoms with Crippen molar-refractivity contribution in [2.24, 2.45) is 5.92 Å². The van der Waals surface area contributed by atoms with Crippen LogP contribution >= 0.6 is 11.6 Å². The molecule has 7 nitrogen and oxygen atoms in total. The van der Waals surface area contributed by atoms with Crippen LogP contribution in [-0.4, -0.2) is 70.4 Å². The molecule has 0 amide bonds. The molecule has 5 heterocycles. The second-order valence-corrected chi connectivity index (χ2v) is 14.3. The topological polar surface area (TPSA) is 73.8 Å². The highest BCUT2D eigenvalue weighted by Gasteiger charge is 2.48. The van der Waals surface area contributed by atoms with E-state index in [1.807, 2.05) is 24.3 Å². The maximum Gasteiger partial charge on any atom is 0.319 e. The van der Waals surface area contributed by atoms with Crippen molar-refractivity contribution in [2.75, 3.05) is 37.7 Å². The average Bonchev–Trinajstić information content (AvgIpc) is 3.66. The van der Waals surface area contributed by atoms with E-state index in [1.165, 1.54) is 6.42 Å². The standard InChI is InChI=1S/C36H41ClFN5O2/c1-3-22-6-4-7-23-14-26(44)15-27(30(22)23)31-29(37)16-28-33(32(31)38)40-35(45-20-36-11-5-12-43(36)18-21(2)17-36)41-34(28)42-13-10-24-8-9-25(19-42)39-24/h4,6-7,14-16,21,24-25,39,44H,3,5,8-13,17-20H2,1-2H3/t21-,24+,25-,36+/m0/s1. The van der Waals surface area contributed by atoms with Gasteiger partial charge >= 0.3 is 6.01 Å². The van der Waals surface area contributed by atoms with Gasteiger partial charge in [-0.2, -0.15) is 9.97 Å². The van der Waals surface area contributed by atoms with Crippen LogP contribution in [0.2, 0.25) is 5.02 Å². The zero-order valence-corrected chi connectivity index (χ0v) is 26.8. The van der Waals surface area contributed by atoms with Gasteiger partial charge in [-0.25, -0.2) is 4.39 Å². The molecule has 8 rings (SSSR count). The molecule has 2 bridgehead atoms. The zero-order valence-electron chi connectivity index (χ0n) is 26.1. The van der Waals surface area contributed by atoms with Crippen LogP contribution in [0.1, 0.15) is 57.9 Å². The van der Waals surface area contributed by atoms with Crippen molar-refractivity contribution in [2.45, 2.75) is 76.4 Å². The molecule has 4 atom stereocenters. The van der Waals surface area contributed by atoms with Gasteiger partial charge in [-0.3, -0.25) is 4.90 Å². The summed E-state index contributed by atoms with van der Waals surface area (Å²) in [6.07, 6.45) is 7.41. The Hall–Kier alpha value is -3.20. The number of anilines is 1. The van der Waals surface area contributed by atoms with E-state index in [0.29, 0.717) is 41.4 Å². The number of fused-ring (bicyclic) bond motifs is 5. The SMILES string of the molecule is CCc1cccc2cc(O)cc(-c3c(Cl)cc4c(N5CC[C@H]6CC[C@@H](C5)N6)nc(OC[C@]56CCCN5C[C@@H](C)C6)nc4c3F)c12. The number of aromatic hydroxyl groups is 1. The lowest BCUT2D eigenvalue weighted by molar-refractivity contribution is 0.107. The van der Waals surface area contributed by atoms with Gasteiger partial charge in [0, 0.05) is 42.7 Å². The van der Waals surface area contributed by atoms with E-state index in [9.17, 15) is 5.11 Å². The fourth-order valence-electron chi connectivity index (χ4n) is 8.85. The molecule has 0 saturated carbocycles. The molecular formula is C36H41ClFN5O2. The molecule has 0 radical (unpaired) electrons. The van der Waals surface area contributed by atoms with E-state index in [1.54, 1.807) is 12.1 Å². The molecule has 4 fully saturated rings. The molecule has 3 aromatic carbocycles. The fraction of sp³-hybridized carbons (Fsp3) is 0.500. The summed E-state index contributed by atoms with van der Waals surface area (Å²) in [5.74, 6) is 0.835. The predicted molar refractivity (Wildman–Crippen MR) is 178 cm³/mol. The molecule has 4 saturated heterocycles. The van der Waals surface area contributed by atoms with E-state index in [0.717, 1.165) is 81.0 Å². The van der Waals surface area contributed by atoms with Crippen molar-refractivity contribution >= 4 is 39.1 Å². The van der Waals surface area contributed by atoms with Crippen molar-refractivity contribution in [1.29, 1.82) is 0 Å². The van der Waals surface area contributed by atoms with Gasteiger partial charge in [-0.15, -0.1) is 0 Å². The number of nitrogens with zero attached hydrogens (tertiary/aromatic N) is 4. The third kappa shape index (κ3) is 5.00. The van der Waals surface area contributed by atoms with Crippen LogP contribution in [0.25, 0.3) is 32.8 Å². The Kier molecular flexibility index (Phi) is 7.30. The Morgan fingerprint density at radius 1 is 1.11 bits per heavy atom. The molecule has 2 N–H and O–H groups in total. The summed E-state index contributed by atoms with van der Waals surface area (Å²) in [4.78, 5) is 14.6. The molecule has 0 unspecified atom stereocenters. The summed E-state index contributed by atoms with van der Waals surface area (Å²) in [6, 6.07) is 12.2. The normalized spacial score (nSPS) is 26.6. The minimum Gasteiger partial charge on any atom is -0.508 e. The average molecular weight is 630 g/mol. The van der Waals surface area contributed by atoms with Crippen molar-refractivity contribution in [3.63, 3.8) is 0 Å².